The van der Waals surface area contributed by atoms with Crippen molar-refractivity contribution in [2.75, 3.05) is 48.4 Å². The van der Waals surface area contributed by atoms with E-state index in [1.165, 1.54) is 24.3 Å². The minimum atomic E-state index is -0.523. The number of benzene rings is 4. The standard InChI is InChI=1S/C38H43FN6O5/c1-24-20-45(25(2)23-46)36(47)19-28-18-31(42-38(49)41-30-14-12-29(39)13-15-30)16-17-34(28)50-35(24)22-44(3)21-26-8-10-27(11-9-26)37(48)43-33-7-5-4-6-32(33)40/h4-18,24-25,35,46H,19-23,40H2,1-3H3,(H,43,48)(H2,41,42,49)/t24-,25-,35+/m0/s1. The quantitative estimate of drug-likeness (QED) is 0.137. The number of carbonyl (C=O) groups excluding carboxylic acids is 3. The molecule has 4 amide bonds. The lowest BCUT2D eigenvalue weighted by molar-refractivity contribution is -0.134. The number of hydrogen-bond donors (Lipinski definition) is 5. The van der Waals surface area contributed by atoms with Crippen LogP contribution in [-0.4, -0.2) is 71.6 Å². The van der Waals surface area contributed by atoms with Crippen molar-refractivity contribution in [3.8, 4) is 5.75 Å². The number of fused-ring (bicyclic) bond motifs is 1. The van der Waals surface area contributed by atoms with Gasteiger partial charge in [-0.15, -0.1) is 0 Å². The molecule has 0 bridgehead atoms. The Bertz CT molecular complexity index is 1800. The molecular weight excluding hydrogens is 639 g/mol. The van der Waals surface area contributed by atoms with Gasteiger partial charge in [-0.2, -0.15) is 0 Å². The van der Waals surface area contributed by atoms with Gasteiger partial charge in [0.25, 0.3) is 5.91 Å². The number of nitrogens with one attached hydrogen (secondary N) is 3. The second kappa shape index (κ2) is 16.3. The van der Waals surface area contributed by atoms with E-state index in [0.29, 0.717) is 59.3 Å². The molecule has 262 valence electrons. The summed E-state index contributed by atoms with van der Waals surface area (Å²) in [5.41, 5.74) is 9.99. The van der Waals surface area contributed by atoms with Crippen LogP contribution in [0.5, 0.6) is 5.75 Å². The molecule has 1 heterocycles. The number of likely N-dealkylation sites (N-methyl/N-ethyl adjacent to an activating group) is 1. The van der Waals surface area contributed by atoms with Crippen molar-refractivity contribution in [2.45, 2.75) is 39.0 Å². The molecule has 11 nitrogen and oxygen atoms in total. The maximum atomic E-state index is 13.6. The Labute approximate surface area is 291 Å². The number of amides is 4. The topological polar surface area (TPSA) is 149 Å². The first-order valence-corrected chi connectivity index (χ1v) is 16.5. The van der Waals surface area contributed by atoms with Crippen molar-refractivity contribution in [3.63, 3.8) is 0 Å². The van der Waals surface area contributed by atoms with E-state index in [4.69, 9.17) is 10.5 Å². The van der Waals surface area contributed by atoms with Gasteiger partial charge < -0.3 is 36.4 Å². The van der Waals surface area contributed by atoms with Crippen LogP contribution in [0, 0.1) is 11.7 Å². The number of urea groups is 1. The number of para-hydroxylation sites is 2. The highest BCUT2D eigenvalue weighted by Crippen LogP contribution is 2.30. The maximum absolute atomic E-state index is 13.6. The lowest BCUT2D eigenvalue weighted by atomic mass is 10.0. The van der Waals surface area contributed by atoms with Crippen LogP contribution in [0.25, 0.3) is 0 Å². The fraction of sp³-hybridized carbons (Fsp3) is 0.289. The summed E-state index contributed by atoms with van der Waals surface area (Å²) in [7, 11) is 1.98. The van der Waals surface area contributed by atoms with E-state index in [1.54, 1.807) is 53.4 Å². The molecule has 6 N–H and O–H groups in total. The number of rotatable bonds is 10. The van der Waals surface area contributed by atoms with Crippen molar-refractivity contribution in [3.05, 3.63) is 114 Å². The highest BCUT2D eigenvalue weighted by Gasteiger charge is 2.31. The van der Waals surface area contributed by atoms with E-state index < -0.39 is 17.9 Å². The molecule has 0 aromatic heterocycles. The Morgan fingerprint density at radius 1 is 1.00 bits per heavy atom. The molecule has 0 unspecified atom stereocenters. The Morgan fingerprint density at radius 3 is 2.38 bits per heavy atom. The van der Waals surface area contributed by atoms with Crippen LogP contribution in [0.3, 0.4) is 0 Å². The summed E-state index contributed by atoms with van der Waals surface area (Å²) >= 11 is 0. The first-order valence-electron chi connectivity index (χ1n) is 16.5. The summed E-state index contributed by atoms with van der Waals surface area (Å²) < 4.78 is 19.9. The van der Waals surface area contributed by atoms with Crippen molar-refractivity contribution in [1.29, 1.82) is 0 Å². The molecule has 1 aliphatic rings. The second-order valence-corrected chi connectivity index (χ2v) is 12.7. The predicted octanol–water partition coefficient (Wildman–Crippen LogP) is 5.59. The zero-order chi connectivity index (χ0) is 35.8. The molecule has 50 heavy (non-hydrogen) atoms. The molecule has 4 aromatic rings. The number of carbonyl (C=O) groups is 3. The van der Waals surface area contributed by atoms with Crippen LogP contribution in [0.2, 0.25) is 0 Å². The number of anilines is 4. The minimum Gasteiger partial charge on any atom is -0.488 e. The second-order valence-electron chi connectivity index (χ2n) is 12.7. The number of hydrogen-bond acceptors (Lipinski definition) is 7. The first-order chi connectivity index (χ1) is 24.0. The number of aliphatic hydroxyl groups excluding tert-OH is 1. The largest absolute Gasteiger partial charge is 0.488 e. The lowest BCUT2D eigenvalue weighted by Gasteiger charge is -2.34. The highest BCUT2D eigenvalue weighted by atomic mass is 19.1. The minimum absolute atomic E-state index is 0.0147. The van der Waals surface area contributed by atoms with Gasteiger partial charge in [0.15, 0.2) is 0 Å². The van der Waals surface area contributed by atoms with Crippen LogP contribution >= 0.6 is 0 Å². The molecule has 0 radical (unpaired) electrons. The normalized spacial score (nSPS) is 16.7. The van der Waals surface area contributed by atoms with Gasteiger partial charge in [-0.05, 0) is 86.3 Å². The molecule has 0 spiro atoms. The monoisotopic (exact) mass is 682 g/mol. The molecule has 0 fully saturated rings. The summed E-state index contributed by atoms with van der Waals surface area (Å²) in [5.74, 6) is -0.396. The molecular formula is C38H43FN6O5. The van der Waals surface area contributed by atoms with Crippen LogP contribution in [-0.2, 0) is 17.8 Å². The smallest absolute Gasteiger partial charge is 0.323 e. The van der Waals surface area contributed by atoms with Gasteiger partial charge in [-0.1, -0.05) is 31.2 Å². The third-order valence-corrected chi connectivity index (χ3v) is 8.65. The van der Waals surface area contributed by atoms with E-state index in [9.17, 15) is 23.9 Å². The van der Waals surface area contributed by atoms with E-state index in [0.717, 1.165) is 5.56 Å². The summed E-state index contributed by atoms with van der Waals surface area (Å²) in [4.78, 5) is 42.9. The van der Waals surface area contributed by atoms with E-state index in [-0.39, 0.29) is 36.9 Å². The van der Waals surface area contributed by atoms with Crippen molar-refractivity contribution < 1.29 is 28.6 Å². The van der Waals surface area contributed by atoms with E-state index in [1.807, 2.05) is 39.1 Å². The zero-order valence-corrected chi connectivity index (χ0v) is 28.4. The summed E-state index contributed by atoms with van der Waals surface area (Å²) in [5, 5.41) is 18.2. The van der Waals surface area contributed by atoms with Crippen molar-refractivity contribution >= 4 is 40.6 Å². The summed E-state index contributed by atoms with van der Waals surface area (Å²) in [6.07, 6.45) is -0.319. The highest BCUT2D eigenvalue weighted by molar-refractivity contribution is 6.05. The van der Waals surface area contributed by atoms with Gasteiger partial charge in [-0.25, -0.2) is 9.18 Å². The van der Waals surface area contributed by atoms with Crippen molar-refractivity contribution in [1.82, 2.24) is 9.80 Å². The number of nitrogen functional groups attached to an aromatic ring is 1. The first kappa shape index (κ1) is 35.8. The number of nitrogens with zero attached hydrogens (tertiary/aromatic N) is 2. The third kappa shape index (κ3) is 9.36. The number of halogens is 1. The number of nitrogens with two attached hydrogens (primary N) is 1. The summed E-state index contributed by atoms with van der Waals surface area (Å²) in [6, 6.07) is 24.1. The van der Waals surface area contributed by atoms with Gasteiger partial charge in [0, 0.05) is 48.1 Å². The van der Waals surface area contributed by atoms with Crippen LogP contribution < -0.4 is 26.4 Å². The molecule has 5 rings (SSSR count). The summed E-state index contributed by atoms with van der Waals surface area (Å²) in [6.45, 7) is 5.13. The molecule has 0 saturated carbocycles. The van der Waals surface area contributed by atoms with Gasteiger partial charge in [0.1, 0.15) is 17.7 Å². The average Bonchev–Trinajstić information content (AvgIpc) is 3.13. The van der Waals surface area contributed by atoms with E-state index in [2.05, 4.69) is 20.9 Å². The predicted molar refractivity (Wildman–Crippen MR) is 193 cm³/mol. The third-order valence-electron chi connectivity index (χ3n) is 8.65. The molecule has 0 aliphatic carbocycles. The molecule has 1 aliphatic heterocycles. The zero-order valence-electron chi connectivity index (χ0n) is 28.4. The Morgan fingerprint density at radius 2 is 1.68 bits per heavy atom. The van der Waals surface area contributed by atoms with Gasteiger partial charge >= 0.3 is 6.03 Å². The number of ether oxygens (including phenoxy) is 1. The fourth-order valence-electron chi connectivity index (χ4n) is 5.80. The maximum Gasteiger partial charge on any atom is 0.323 e. The van der Waals surface area contributed by atoms with Crippen LogP contribution in [0.4, 0.5) is 31.9 Å². The molecule has 3 atom stereocenters. The fourth-order valence-corrected chi connectivity index (χ4v) is 5.80. The molecule has 12 heteroatoms. The molecule has 0 saturated heterocycles. The van der Waals surface area contributed by atoms with Crippen molar-refractivity contribution in [2.24, 2.45) is 5.92 Å². The molecule has 4 aromatic carbocycles. The van der Waals surface area contributed by atoms with Crippen LogP contribution in [0.1, 0.15) is 35.3 Å². The Balaban J connectivity index is 1.29. The number of aliphatic hydroxyl groups is 1. The van der Waals surface area contributed by atoms with Gasteiger partial charge in [-0.3, -0.25) is 14.5 Å². The lowest BCUT2D eigenvalue weighted by Crippen LogP contribution is -2.47. The van der Waals surface area contributed by atoms with Gasteiger partial charge in [0.2, 0.25) is 5.91 Å². The van der Waals surface area contributed by atoms with Crippen LogP contribution in [0.15, 0.2) is 91.0 Å². The Kier molecular flexibility index (Phi) is 11.7. The van der Waals surface area contributed by atoms with Gasteiger partial charge in [0.05, 0.1) is 30.4 Å². The SMILES string of the molecule is C[C@H]1CN([C@@H](C)CO)C(=O)Cc2cc(NC(=O)Nc3ccc(F)cc3)ccc2O[C@@H]1CN(C)Cc1ccc(C(=O)Nc2ccccc2N)cc1. The van der Waals surface area contributed by atoms with E-state index >= 15 is 0 Å². The Hall–Kier alpha value is -5.46. The average molecular weight is 683 g/mol.